The lowest BCUT2D eigenvalue weighted by atomic mass is 9.99. The number of nitrogens with one attached hydrogen (secondary N) is 1. The number of anilines is 1. The maximum absolute atomic E-state index is 12.6. The van der Waals surface area contributed by atoms with E-state index in [0.717, 1.165) is 17.7 Å². The van der Waals surface area contributed by atoms with E-state index in [1.165, 1.54) is 0 Å². The number of amides is 2. The van der Waals surface area contributed by atoms with Crippen LogP contribution in [0.1, 0.15) is 35.7 Å². The normalized spacial score (nSPS) is 24.4. The third-order valence-electron chi connectivity index (χ3n) is 4.40. The van der Waals surface area contributed by atoms with Crippen LogP contribution in [0.3, 0.4) is 0 Å². The van der Waals surface area contributed by atoms with Crippen molar-refractivity contribution in [3.63, 3.8) is 0 Å². The van der Waals surface area contributed by atoms with E-state index in [4.69, 9.17) is 4.74 Å². The second-order valence-electron chi connectivity index (χ2n) is 5.77. The Hall–Kier alpha value is -1.88. The van der Waals surface area contributed by atoms with Crippen molar-refractivity contribution >= 4 is 17.5 Å². The maximum atomic E-state index is 12.6. The molecule has 1 fully saturated rings. The van der Waals surface area contributed by atoms with E-state index in [1.807, 2.05) is 26.1 Å². The lowest BCUT2D eigenvalue weighted by molar-refractivity contribution is -0.116. The molecule has 2 unspecified atom stereocenters. The summed E-state index contributed by atoms with van der Waals surface area (Å²) in [6.45, 7) is 2.71. The van der Waals surface area contributed by atoms with Gasteiger partial charge >= 0.3 is 0 Å². The van der Waals surface area contributed by atoms with Crippen LogP contribution in [0.2, 0.25) is 0 Å². The molecule has 5 nitrogen and oxygen atoms in total. The fraction of sp³-hybridized carbons (Fsp3) is 0.500. The molecule has 1 N–H and O–H groups in total. The molecule has 21 heavy (non-hydrogen) atoms. The van der Waals surface area contributed by atoms with Gasteiger partial charge in [-0.05, 0) is 43.5 Å². The highest BCUT2D eigenvalue weighted by molar-refractivity contribution is 5.98. The van der Waals surface area contributed by atoms with Crippen LogP contribution in [0.4, 0.5) is 5.69 Å². The molecule has 2 aliphatic rings. The SMILES string of the molecule is CC1OCCC1N(C)C(=O)c1ccc2c(c1)CCC(=O)N2. The van der Waals surface area contributed by atoms with Gasteiger partial charge in [0.25, 0.3) is 5.91 Å². The quantitative estimate of drug-likeness (QED) is 0.903. The van der Waals surface area contributed by atoms with Crippen molar-refractivity contribution in [3.8, 4) is 0 Å². The molecule has 0 saturated carbocycles. The number of rotatable bonds is 2. The van der Waals surface area contributed by atoms with Crippen LogP contribution in [0.15, 0.2) is 18.2 Å². The van der Waals surface area contributed by atoms with E-state index in [-0.39, 0.29) is 24.0 Å². The Labute approximate surface area is 124 Å². The van der Waals surface area contributed by atoms with Gasteiger partial charge < -0.3 is 15.0 Å². The predicted molar refractivity (Wildman–Crippen MR) is 79.3 cm³/mol. The first kappa shape index (κ1) is 14.1. The van der Waals surface area contributed by atoms with Gasteiger partial charge in [-0.3, -0.25) is 9.59 Å². The van der Waals surface area contributed by atoms with Crippen LogP contribution in [0.25, 0.3) is 0 Å². The van der Waals surface area contributed by atoms with E-state index in [2.05, 4.69) is 5.32 Å². The van der Waals surface area contributed by atoms with Gasteiger partial charge in [-0.25, -0.2) is 0 Å². The van der Waals surface area contributed by atoms with Gasteiger partial charge in [0.05, 0.1) is 12.1 Å². The second kappa shape index (κ2) is 5.48. The first-order valence-corrected chi connectivity index (χ1v) is 7.38. The molecule has 2 atom stereocenters. The van der Waals surface area contributed by atoms with Crippen LogP contribution >= 0.6 is 0 Å². The summed E-state index contributed by atoms with van der Waals surface area (Å²) in [6.07, 6.45) is 2.13. The number of aryl methyl sites for hydroxylation is 1. The van der Waals surface area contributed by atoms with Gasteiger partial charge in [0.2, 0.25) is 5.91 Å². The Morgan fingerprint density at radius 1 is 1.38 bits per heavy atom. The molecule has 0 aliphatic carbocycles. The minimum atomic E-state index is 0.0112. The number of hydrogen-bond donors (Lipinski definition) is 1. The van der Waals surface area contributed by atoms with Crippen LogP contribution in [0.5, 0.6) is 0 Å². The third kappa shape index (κ3) is 2.65. The molecule has 3 rings (SSSR count). The lowest BCUT2D eigenvalue weighted by Crippen LogP contribution is -2.41. The van der Waals surface area contributed by atoms with Crippen LogP contribution < -0.4 is 5.32 Å². The zero-order valence-corrected chi connectivity index (χ0v) is 12.4. The molecular weight excluding hydrogens is 268 g/mol. The number of ether oxygens (including phenoxy) is 1. The van der Waals surface area contributed by atoms with E-state index in [9.17, 15) is 9.59 Å². The van der Waals surface area contributed by atoms with E-state index < -0.39 is 0 Å². The number of carbonyl (C=O) groups is 2. The smallest absolute Gasteiger partial charge is 0.253 e. The fourth-order valence-electron chi connectivity index (χ4n) is 3.10. The minimum absolute atomic E-state index is 0.0112. The number of likely N-dealkylation sites (N-methyl/N-ethyl adjacent to an activating group) is 1. The lowest BCUT2D eigenvalue weighted by Gasteiger charge is -2.27. The van der Waals surface area contributed by atoms with Crippen molar-refractivity contribution in [2.75, 3.05) is 19.0 Å². The Bertz CT molecular complexity index is 585. The van der Waals surface area contributed by atoms with Crippen molar-refractivity contribution in [2.45, 2.75) is 38.3 Å². The molecule has 2 aliphatic heterocycles. The maximum Gasteiger partial charge on any atom is 0.253 e. The van der Waals surface area contributed by atoms with Gasteiger partial charge in [0.1, 0.15) is 0 Å². The van der Waals surface area contributed by atoms with Crippen molar-refractivity contribution < 1.29 is 14.3 Å². The summed E-state index contributed by atoms with van der Waals surface area (Å²) in [5.41, 5.74) is 2.53. The molecule has 5 heteroatoms. The average Bonchev–Trinajstić information content (AvgIpc) is 2.91. The highest BCUT2D eigenvalue weighted by atomic mass is 16.5. The predicted octanol–water partition coefficient (Wildman–Crippen LogP) is 1.82. The van der Waals surface area contributed by atoms with Crippen molar-refractivity contribution in [2.24, 2.45) is 0 Å². The van der Waals surface area contributed by atoms with E-state index in [1.54, 1.807) is 11.0 Å². The minimum Gasteiger partial charge on any atom is -0.376 e. The fourth-order valence-corrected chi connectivity index (χ4v) is 3.10. The van der Waals surface area contributed by atoms with Crippen molar-refractivity contribution in [3.05, 3.63) is 29.3 Å². The standard InChI is InChI=1S/C16H20N2O3/c1-10-14(7-8-21-10)18(2)16(20)12-3-5-13-11(9-12)4-6-15(19)17-13/h3,5,9-10,14H,4,6-8H2,1-2H3,(H,17,19). The number of benzene rings is 1. The summed E-state index contributed by atoms with van der Waals surface area (Å²) in [6, 6.07) is 5.63. The van der Waals surface area contributed by atoms with E-state index in [0.29, 0.717) is 25.0 Å². The summed E-state index contributed by atoms with van der Waals surface area (Å²) in [7, 11) is 1.83. The molecule has 0 aromatic heterocycles. The van der Waals surface area contributed by atoms with Gasteiger partial charge in [-0.15, -0.1) is 0 Å². The molecule has 2 heterocycles. The highest BCUT2D eigenvalue weighted by Gasteiger charge is 2.31. The Balaban J connectivity index is 1.80. The Kier molecular flexibility index (Phi) is 3.68. The van der Waals surface area contributed by atoms with Crippen molar-refractivity contribution in [1.82, 2.24) is 4.90 Å². The molecule has 1 aromatic rings. The van der Waals surface area contributed by atoms with Crippen molar-refractivity contribution in [1.29, 1.82) is 0 Å². The summed E-state index contributed by atoms with van der Waals surface area (Å²) in [5.74, 6) is 0.0488. The zero-order valence-electron chi connectivity index (χ0n) is 12.4. The highest BCUT2D eigenvalue weighted by Crippen LogP contribution is 2.25. The van der Waals surface area contributed by atoms with Gasteiger partial charge in [0.15, 0.2) is 0 Å². The first-order chi connectivity index (χ1) is 10.1. The summed E-state index contributed by atoms with van der Waals surface area (Å²) >= 11 is 0. The molecule has 2 amide bonds. The van der Waals surface area contributed by atoms with Gasteiger partial charge in [0, 0.05) is 31.3 Å². The molecule has 0 spiro atoms. The largest absolute Gasteiger partial charge is 0.376 e. The summed E-state index contributed by atoms with van der Waals surface area (Å²) < 4.78 is 5.53. The molecule has 1 aromatic carbocycles. The first-order valence-electron chi connectivity index (χ1n) is 7.38. The zero-order chi connectivity index (χ0) is 15.0. The third-order valence-corrected chi connectivity index (χ3v) is 4.40. The molecule has 112 valence electrons. The summed E-state index contributed by atoms with van der Waals surface area (Å²) in [4.78, 5) is 25.8. The topological polar surface area (TPSA) is 58.6 Å². The number of fused-ring (bicyclic) bond motifs is 1. The van der Waals surface area contributed by atoms with Crippen LogP contribution in [-0.4, -0.2) is 42.5 Å². The average molecular weight is 288 g/mol. The van der Waals surface area contributed by atoms with Gasteiger partial charge in [-0.2, -0.15) is 0 Å². The summed E-state index contributed by atoms with van der Waals surface area (Å²) in [5, 5.41) is 2.83. The van der Waals surface area contributed by atoms with E-state index >= 15 is 0 Å². The monoisotopic (exact) mass is 288 g/mol. The number of nitrogens with zero attached hydrogens (tertiary/aromatic N) is 1. The Morgan fingerprint density at radius 3 is 2.90 bits per heavy atom. The second-order valence-corrected chi connectivity index (χ2v) is 5.77. The van der Waals surface area contributed by atoms with Gasteiger partial charge in [-0.1, -0.05) is 0 Å². The molecule has 0 bridgehead atoms. The molecule has 1 saturated heterocycles. The number of carbonyl (C=O) groups excluding carboxylic acids is 2. The van der Waals surface area contributed by atoms with Crippen LogP contribution in [-0.2, 0) is 16.0 Å². The number of hydrogen-bond acceptors (Lipinski definition) is 3. The Morgan fingerprint density at radius 2 is 2.19 bits per heavy atom. The van der Waals surface area contributed by atoms with Crippen LogP contribution in [0, 0.1) is 0 Å². The molecular formula is C16H20N2O3. The molecule has 0 radical (unpaired) electrons.